The fourth-order valence-electron chi connectivity index (χ4n) is 2.22. The Morgan fingerprint density at radius 3 is 2.62 bits per heavy atom. The second-order valence-corrected chi connectivity index (χ2v) is 7.79. The van der Waals surface area contributed by atoms with Crippen molar-refractivity contribution in [2.45, 2.75) is 24.8 Å². The molecule has 0 aliphatic rings. The third-order valence-corrected chi connectivity index (χ3v) is 5.95. The Bertz CT molecular complexity index is 670. The minimum Gasteiger partial charge on any atom is -0.300 e. The number of hydrogen-bond donors (Lipinski definition) is 2. The molecule has 116 valence electrons. The molecule has 1 atom stereocenters. The molecule has 0 fully saturated rings. The first-order valence-electron chi connectivity index (χ1n) is 6.54. The first kappa shape index (κ1) is 16.2. The van der Waals surface area contributed by atoms with E-state index < -0.39 is 10.0 Å². The molecule has 0 aromatic carbocycles. The molecule has 0 aliphatic heterocycles. The molecule has 0 saturated heterocycles. The van der Waals surface area contributed by atoms with Crippen molar-refractivity contribution in [1.82, 2.24) is 19.8 Å². The summed E-state index contributed by atoms with van der Waals surface area (Å²) in [5, 5.41) is 8.64. The lowest BCUT2D eigenvalue weighted by atomic mass is 10.2. The molecule has 0 radical (unpaired) electrons. The summed E-state index contributed by atoms with van der Waals surface area (Å²) >= 11 is 1.62. The van der Waals surface area contributed by atoms with Crippen molar-refractivity contribution < 1.29 is 8.42 Å². The van der Waals surface area contributed by atoms with Crippen LogP contribution in [0.1, 0.15) is 22.3 Å². The molecule has 0 spiro atoms. The Morgan fingerprint density at radius 1 is 1.43 bits per heavy atom. The number of aromatic nitrogens is 2. The van der Waals surface area contributed by atoms with Gasteiger partial charge in [0.1, 0.15) is 4.90 Å². The van der Waals surface area contributed by atoms with Gasteiger partial charge >= 0.3 is 0 Å². The van der Waals surface area contributed by atoms with Gasteiger partial charge in [0.2, 0.25) is 10.0 Å². The maximum Gasteiger partial charge on any atom is 0.244 e. The number of aromatic amines is 1. The predicted molar refractivity (Wildman–Crippen MR) is 84.0 cm³/mol. The van der Waals surface area contributed by atoms with Crippen LogP contribution in [-0.4, -0.2) is 44.2 Å². The van der Waals surface area contributed by atoms with E-state index in [0.717, 1.165) is 4.88 Å². The summed E-state index contributed by atoms with van der Waals surface area (Å²) < 4.78 is 27.6. The molecule has 0 saturated carbocycles. The van der Waals surface area contributed by atoms with Gasteiger partial charge < -0.3 is 4.90 Å². The van der Waals surface area contributed by atoms with Crippen LogP contribution in [0.25, 0.3) is 0 Å². The van der Waals surface area contributed by atoms with Crippen LogP contribution in [0.4, 0.5) is 0 Å². The topological polar surface area (TPSA) is 78.1 Å². The maximum atomic E-state index is 12.4. The number of likely N-dealkylation sites (N-methyl/N-ethyl adjacent to an activating group) is 1. The highest BCUT2D eigenvalue weighted by molar-refractivity contribution is 7.89. The quantitative estimate of drug-likeness (QED) is 0.845. The lowest BCUT2D eigenvalue weighted by molar-refractivity contribution is 0.303. The number of aryl methyl sites for hydroxylation is 2. The molecule has 0 bridgehead atoms. The Kier molecular flexibility index (Phi) is 4.82. The van der Waals surface area contributed by atoms with Crippen LogP contribution in [0.15, 0.2) is 22.4 Å². The molecule has 6 nitrogen and oxygen atoms in total. The Balaban J connectivity index is 2.18. The second-order valence-electron chi connectivity index (χ2n) is 5.11. The minimum absolute atomic E-state index is 0.00675. The zero-order valence-electron chi connectivity index (χ0n) is 12.5. The summed E-state index contributed by atoms with van der Waals surface area (Å²) in [6.45, 7) is 3.71. The van der Waals surface area contributed by atoms with Crippen molar-refractivity contribution in [3.05, 3.63) is 33.8 Å². The Morgan fingerprint density at radius 2 is 2.14 bits per heavy atom. The number of thiophene rings is 1. The third kappa shape index (κ3) is 3.52. The van der Waals surface area contributed by atoms with Gasteiger partial charge in [0.25, 0.3) is 0 Å². The Hall–Kier alpha value is -1.22. The number of H-pyrrole nitrogens is 1. The van der Waals surface area contributed by atoms with E-state index in [9.17, 15) is 8.42 Å². The summed E-state index contributed by atoms with van der Waals surface area (Å²) in [6, 6.07) is 3.99. The number of hydrogen-bond acceptors (Lipinski definition) is 5. The standard InChI is InChI=1S/C13H20N4O2S2/c1-9-13(10(2)16-15-9)21(18,19)14-8-11(17(3)4)12-6-5-7-20-12/h5-7,11,14H,8H2,1-4H3,(H,15,16). The molecule has 1 unspecified atom stereocenters. The van der Waals surface area contributed by atoms with Crippen LogP contribution in [0, 0.1) is 13.8 Å². The summed E-state index contributed by atoms with van der Waals surface area (Å²) in [7, 11) is 0.311. The van der Waals surface area contributed by atoms with E-state index in [4.69, 9.17) is 0 Å². The van der Waals surface area contributed by atoms with Crippen LogP contribution in [0.5, 0.6) is 0 Å². The highest BCUT2D eigenvalue weighted by Gasteiger charge is 2.24. The van der Waals surface area contributed by atoms with Gasteiger partial charge in [0.05, 0.1) is 17.4 Å². The summed E-state index contributed by atoms with van der Waals surface area (Å²) in [5.41, 5.74) is 1.04. The number of sulfonamides is 1. The van der Waals surface area contributed by atoms with E-state index >= 15 is 0 Å². The molecule has 0 aliphatic carbocycles. The molecule has 21 heavy (non-hydrogen) atoms. The van der Waals surface area contributed by atoms with E-state index in [2.05, 4.69) is 14.9 Å². The van der Waals surface area contributed by atoms with Crippen LogP contribution in [-0.2, 0) is 10.0 Å². The van der Waals surface area contributed by atoms with Crippen LogP contribution >= 0.6 is 11.3 Å². The van der Waals surface area contributed by atoms with Gasteiger partial charge in [-0.1, -0.05) is 6.07 Å². The van der Waals surface area contributed by atoms with Crippen LogP contribution in [0.2, 0.25) is 0 Å². The van der Waals surface area contributed by atoms with Gasteiger partial charge in [0, 0.05) is 11.4 Å². The summed E-state index contributed by atoms with van der Waals surface area (Å²) in [6.07, 6.45) is 0. The number of rotatable bonds is 6. The first-order valence-corrected chi connectivity index (χ1v) is 8.90. The van der Waals surface area contributed by atoms with Crippen molar-refractivity contribution >= 4 is 21.4 Å². The molecule has 2 aromatic heterocycles. The van der Waals surface area contributed by atoms with Crippen molar-refractivity contribution in [3.8, 4) is 0 Å². The van der Waals surface area contributed by atoms with Crippen molar-refractivity contribution in [1.29, 1.82) is 0 Å². The van der Waals surface area contributed by atoms with E-state index in [-0.39, 0.29) is 10.9 Å². The largest absolute Gasteiger partial charge is 0.300 e. The summed E-state index contributed by atoms with van der Waals surface area (Å²) in [4.78, 5) is 3.37. The molecule has 2 heterocycles. The molecular weight excluding hydrogens is 308 g/mol. The zero-order chi connectivity index (χ0) is 15.6. The third-order valence-electron chi connectivity index (χ3n) is 3.29. The molecule has 2 N–H and O–H groups in total. The number of nitrogens with one attached hydrogen (secondary N) is 2. The molecule has 0 amide bonds. The van der Waals surface area contributed by atoms with Gasteiger partial charge in [-0.3, -0.25) is 5.10 Å². The highest BCUT2D eigenvalue weighted by Crippen LogP contribution is 2.23. The lowest BCUT2D eigenvalue weighted by Gasteiger charge is -2.23. The first-order chi connectivity index (χ1) is 9.83. The fourth-order valence-corrected chi connectivity index (χ4v) is 4.54. The van der Waals surface area contributed by atoms with Crippen LogP contribution in [0.3, 0.4) is 0 Å². The normalized spacial score (nSPS) is 13.8. The van der Waals surface area contributed by atoms with E-state index in [1.165, 1.54) is 0 Å². The van der Waals surface area contributed by atoms with Gasteiger partial charge in [-0.05, 0) is 39.4 Å². The van der Waals surface area contributed by atoms with Gasteiger partial charge in [0.15, 0.2) is 0 Å². The average molecular weight is 328 g/mol. The van der Waals surface area contributed by atoms with Crippen molar-refractivity contribution in [2.24, 2.45) is 0 Å². The fraction of sp³-hybridized carbons (Fsp3) is 0.462. The second kappa shape index (κ2) is 6.27. The minimum atomic E-state index is -3.56. The maximum absolute atomic E-state index is 12.4. The SMILES string of the molecule is Cc1n[nH]c(C)c1S(=O)(=O)NCC(c1cccs1)N(C)C. The smallest absolute Gasteiger partial charge is 0.244 e. The van der Waals surface area contributed by atoms with Gasteiger partial charge in [-0.2, -0.15) is 5.10 Å². The van der Waals surface area contributed by atoms with E-state index in [1.54, 1.807) is 25.2 Å². The zero-order valence-corrected chi connectivity index (χ0v) is 14.2. The van der Waals surface area contributed by atoms with Gasteiger partial charge in [-0.25, -0.2) is 13.1 Å². The molecular formula is C13H20N4O2S2. The van der Waals surface area contributed by atoms with Crippen molar-refractivity contribution in [3.63, 3.8) is 0 Å². The lowest BCUT2D eigenvalue weighted by Crippen LogP contribution is -2.34. The number of nitrogens with zero attached hydrogens (tertiary/aromatic N) is 2. The van der Waals surface area contributed by atoms with Crippen LogP contribution < -0.4 is 4.72 Å². The molecule has 2 aromatic rings. The predicted octanol–water partition coefficient (Wildman–Crippen LogP) is 1.67. The van der Waals surface area contributed by atoms with Crippen molar-refractivity contribution in [2.75, 3.05) is 20.6 Å². The Labute approximate surface area is 129 Å². The highest BCUT2D eigenvalue weighted by atomic mass is 32.2. The molecule has 2 rings (SSSR count). The molecule has 8 heteroatoms. The average Bonchev–Trinajstić information content (AvgIpc) is 2.99. The monoisotopic (exact) mass is 328 g/mol. The van der Waals surface area contributed by atoms with E-state index in [0.29, 0.717) is 17.9 Å². The summed E-state index contributed by atoms with van der Waals surface area (Å²) in [5.74, 6) is 0. The van der Waals surface area contributed by atoms with E-state index in [1.807, 2.05) is 36.5 Å². The van der Waals surface area contributed by atoms with Gasteiger partial charge in [-0.15, -0.1) is 11.3 Å².